The van der Waals surface area contributed by atoms with Gasteiger partial charge in [-0.2, -0.15) is 13.4 Å². The van der Waals surface area contributed by atoms with Crippen molar-refractivity contribution in [3.05, 3.63) is 26.3 Å². The number of ether oxygens (including phenoxy) is 1. The van der Waals surface area contributed by atoms with E-state index in [1.807, 2.05) is 22.6 Å². The van der Waals surface area contributed by atoms with Crippen LogP contribution in [0.5, 0.6) is 0 Å². The molecule has 4 N–H and O–H groups in total. The quantitative estimate of drug-likeness (QED) is 0.355. The topological polar surface area (TPSA) is 154 Å². The van der Waals surface area contributed by atoms with Gasteiger partial charge in [0.2, 0.25) is 0 Å². The summed E-state index contributed by atoms with van der Waals surface area (Å²) in [7, 11) is -3.91. The molecule has 1 aromatic heterocycles. The van der Waals surface area contributed by atoms with Crippen molar-refractivity contribution in [3.63, 3.8) is 0 Å². The van der Waals surface area contributed by atoms with Crippen molar-refractivity contribution >= 4 is 44.6 Å². The average molecular weight is 473 g/mol. The van der Waals surface area contributed by atoms with Gasteiger partial charge in [-0.1, -0.05) is 22.6 Å². The third-order valence-corrected chi connectivity index (χ3v) is 4.23. The lowest BCUT2D eigenvalue weighted by molar-refractivity contribution is -0.0542. The summed E-state index contributed by atoms with van der Waals surface area (Å²) in [6.45, 7) is -0.606. The fraction of sp³-hybridized carbons (Fsp3) is 0.500. The molecule has 0 radical (unpaired) electrons. The Bertz CT molecular complexity index is 794. The predicted molar refractivity (Wildman–Crippen MR) is 92.7 cm³/mol. The van der Waals surface area contributed by atoms with E-state index in [4.69, 9.17) is 14.7 Å². The second-order valence-corrected chi connectivity index (χ2v) is 7.39. The Balaban J connectivity index is 2.42. The number of hydrogen-bond acceptors (Lipinski definition) is 9. The van der Waals surface area contributed by atoms with Crippen molar-refractivity contribution in [2.24, 2.45) is 0 Å². The first kappa shape index (κ1) is 19.3. The van der Waals surface area contributed by atoms with E-state index in [1.165, 1.54) is 6.20 Å². The molecule has 0 unspecified atom stereocenters. The molecule has 0 aliphatic carbocycles. The number of aliphatic hydroxyl groups is 2. The van der Waals surface area contributed by atoms with E-state index in [0.29, 0.717) is 5.56 Å². The minimum atomic E-state index is -3.91. The Morgan fingerprint density at radius 1 is 1.58 bits per heavy atom. The second-order valence-electron chi connectivity index (χ2n) is 5.07. The Kier molecular flexibility index (Phi) is 5.98. The third kappa shape index (κ3) is 4.12. The van der Waals surface area contributed by atoms with Crippen molar-refractivity contribution in [2.45, 2.75) is 24.5 Å². The van der Waals surface area contributed by atoms with Crippen LogP contribution in [0.15, 0.2) is 15.1 Å². The van der Waals surface area contributed by atoms with Crippen LogP contribution >= 0.6 is 22.6 Å². The van der Waals surface area contributed by atoms with E-state index >= 15 is 0 Å². The Morgan fingerprint density at radius 3 is 2.79 bits per heavy atom. The zero-order valence-electron chi connectivity index (χ0n) is 12.4. The van der Waals surface area contributed by atoms with Gasteiger partial charge in [0.25, 0.3) is 10.1 Å². The summed E-state index contributed by atoms with van der Waals surface area (Å²) in [4.78, 5) is 15.7. The molecule has 0 saturated carbocycles. The maximum atomic E-state index is 12.0. The van der Waals surface area contributed by atoms with E-state index in [0.717, 1.165) is 10.8 Å². The van der Waals surface area contributed by atoms with Gasteiger partial charge in [-0.15, -0.1) is 0 Å². The highest BCUT2D eigenvalue weighted by Crippen LogP contribution is 2.31. The minimum absolute atomic E-state index is 0.000651. The van der Waals surface area contributed by atoms with Crippen LogP contribution in [-0.2, 0) is 19.0 Å². The zero-order valence-corrected chi connectivity index (χ0v) is 15.4. The zero-order chi connectivity index (χ0) is 18.1. The molecule has 0 bridgehead atoms. The Morgan fingerprint density at radius 2 is 2.25 bits per heavy atom. The highest BCUT2D eigenvalue weighted by Gasteiger charge is 2.47. The van der Waals surface area contributed by atoms with Crippen molar-refractivity contribution < 1.29 is 27.6 Å². The van der Waals surface area contributed by atoms with Gasteiger partial charge in [-0.3, -0.25) is 8.75 Å². The molecule has 12 heteroatoms. The van der Waals surface area contributed by atoms with Crippen LogP contribution in [-0.4, -0.2) is 59.4 Å². The SMILES string of the molecule is CS(=O)(=O)O[C@@H]1[C@@H](O)[C@H](n2cc(/C=C/I)c(N)nc2=O)O[C@@H]1CO. The first-order chi connectivity index (χ1) is 11.2. The number of aromatic nitrogens is 2. The summed E-state index contributed by atoms with van der Waals surface area (Å²) in [5.41, 5.74) is 5.26. The number of rotatable bonds is 5. The van der Waals surface area contributed by atoms with Crippen LogP contribution in [0, 0.1) is 0 Å². The van der Waals surface area contributed by atoms with Crippen molar-refractivity contribution in [3.8, 4) is 0 Å². The first-order valence-electron chi connectivity index (χ1n) is 6.66. The fourth-order valence-electron chi connectivity index (χ4n) is 2.29. The van der Waals surface area contributed by atoms with Gasteiger partial charge in [0.1, 0.15) is 24.1 Å². The monoisotopic (exact) mass is 473 g/mol. The molecule has 1 fully saturated rings. The first-order valence-corrected chi connectivity index (χ1v) is 9.72. The number of halogens is 1. The van der Waals surface area contributed by atoms with Crippen molar-refractivity contribution in [2.75, 3.05) is 18.6 Å². The fourth-order valence-corrected chi connectivity index (χ4v) is 3.32. The van der Waals surface area contributed by atoms with Crippen LogP contribution < -0.4 is 11.4 Å². The summed E-state index contributed by atoms with van der Waals surface area (Å²) in [5.74, 6) is -0.000651. The highest BCUT2D eigenvalue weighted by molar-refractivity contribution is 14.1. The van der Waals surface area contributed by atoms with Gasteiger partial charge < -0.3 is 20.7 Å². The Hall–Kier alpha value is -1.06. The summed E-state index contributed by atoms with van der Waals surface area (Å²) in [5, 5.41) is 19.6. The van der Waals surface area contributed by atoms with Crippen LogP contribution in [0.4, 0.5) is 5.82 Å². The number of nitrogens with two attached hydrogens (primary N) is 1. The molecular formula is C12H16IN3O7S. The number of aliphatic hydroxyl groups excluding tert-OH is 2. The molecule has 0 amide bonds. The minimum Gasteiger partial charge on any atom is -0.394 e. The molecule has 0 spiro atoms. The van der Waals surface area contributed by atoms with Gasteiger partial charge >= 0.3 is 5.69 Å². The largest absolute Gasteiger partial charge is 0.394 e. The summed E-state index contributed by atoms with van der Waals surface area (Å²) >= 11 is 1.96. The molecule has 2 heterocycles. The van der Waals surface area contributed by atoms with E-state index in [-0.39, 0.29) is 5.82 Å². The van der Waals surface area contributed by atoms with E-state index in [9.17, 15) is 23.4 Å². The average Bonchev–Trinajstić information content (AvgIpc) is 2.77. The highest BCUT2D eigenvalue weighted by atomic mass is 127. The Labute approximate surface area is 151 Å². The van der Waals surface area contributed by atoms with Crippen molar-refractivity contribution in [1.29, 1.82) is 0 Å². The van der Waals surface area contributed by atoms with Crippen molar-refractivity contribution in [1.82, 2.24) is 9.55 Å². The predicted octanol–water partition coefficient (Wildman–Crippen LogP) is -1.17. The summed E-state index contributed by atoms with van der Waals surface area (Å²) in [6.07, 6.45) is -1.57. The summed E-state index contributed by atoms with van der Waals surface area (Å²) in [6, 6.07) is 0. The molecule has 0 aromatic carbocycles. The lowest BCUT2D eigenvalue weighted by Gasteiger charge is -2.19. The molecule has 134 valence electrons. The van der Waals surface area contributed by atoms with E-state index < -0.39 is 47.0 Å². The molecule has 24 heavy (non-hydrogen) atoms. The van der Waals surface area contributed by atoms with E-state index in [1.54, 1.807) is 10.2 Å². The van der Waals surface area contributed by atoms with Crippen LogP contribution in [0.2, 0.25) is 0 Å². The molecule has 1 saturated heterocycles. The van der Waals surface area contributed by atoms with Crippen LogP contribution in [0.1, 0.15) is 11.8 Å². The lowest BCUT2D eigenvalue weighted by atomic mass is 10.1. The molecule has 1 aliphatic heterocycles. The van der Waals surface area contributed by atoms with E-state index in [2.05, 4.69) is 4.98 Å². The lowest BCUT2D eigenvalue weighted by Crippen LogP contribution is -2.39. The molecule has 1 aromatic rings. The van der Waals surface area contributed by atoms with Gasteiger partial charge in [0.05, 0.1) is 12.9 Å². The normalized spacial score (nSPS) is 27.8. The number of nitrogens with zero attached hydrogens (tertiary/aromatic N) is 2. The molecule has 4 atom stereocenters. The standard InChI is InChI=1S/C12H16IN3O7S/c1-24(20,21)23-9-7(5-17)22-11(8(9)18)16-4-6(2-3-13)10(14)15-12(16)19/h2-4,7-9,11,17-18H,5H2,1H3,(H2,14,15,19)/b3-2+/t7-,8-,9+,11-/m1/s1. The maximum Gasteiger partial charge on any atom is 0.351 e. The smallest absolute Gasteiger partial charge is 0.351 e. The number of nitrogen functional groups attached to an aromatic ring is 1. The van der Waals surface area contributed by atoms with Gasteiger partial charge in [-0.05, 0) is 10.2 Å². The van der Waals surface area contributed by atoms with Gasteiger partial charge in [0, 0.05) is 11.8 Å². The molecule has 10 nitrogen and oxygen atoms in total. The molecule has 2 rings (SSSR count). The number of hydrogen-bond donors (Lipinski definition) is 3. The van der Waals surface area contributed by atoms with Crippen LogP contribution in [0.25, 0.3) is 6.08 Å². The maximum absolute atomic E-state index is 12.0. The second kappa shape index (κ2) is 7.45. The molecule has 1 aliphatic rings. The van der Waals surface area contributed by atoms with Gasteiger partial charge in [-0.25, -0.2) is 4.79 Å². The molecular weight excluding hydrogens is 457 g/mol. The van der Waals surface area contributed by atoms with Crippen LogP contribution in [0.3, 0.4) is 0 Å². The summed E-state index contributed by atoms with van der Waals surface area (Å²) < 4.78 is 35.4. The third-order valence-electron chi connectivity index (χ3n) is 3.30. The number of anilines is 1. The van der Waals surface area contributed by atoms with Gasteiger partial charge in [0.15, 0.2) is 6.23 Å².